The molecular formula is C28H26ClN5. The molecule has 0 amide bonds. The number of rotatable bonds is 4. The lowest BCUT2D eigenvalue weighted by Crippen LogP contribution is -2.36. The number of anilines is 1. The molecule has 1 fully saturated rings. The Labute approximate surface area is 204 Å². The molecular weight excluding hydrogens is 442 g/mol. The number of aromatic nitrogens is 4. The zero-order valence-corrected chi connectivity index (χ0v) is 19.9. The molecule has 34 heavy (non-hydrogen) atoms. The first-order valence-corrected chi connectivity index (χ1v) is 12.2. The smallest absolute Gasteiger partial charge is 0.213 e. The first-order chi connectivity index (χ1) is 16.7. The topological polar surface area (TPSA) is 46.3 Å². The van der Waals surface area contributed by atoms with Gasteiger partial charge in [-0.05, 0) is 61.9 Å². The van der Waals surface area contributed by atoms with Gasteiger partial charge in [0.1, 0.15) is 0 Å². The van der Waals surface area contributed by atoms with E-state index in [0.29, 0.717) is 10.9 Å². The predicted molar refractivity (Wildman–Crippen MR) is 139 cm³/mol. The number of piperidine rings is 1. The van der Waals surface area contributed by atoms with Crippen LogP contribution in [0, 0.1) is 12.8 Å². The van der Waals surface area contributed by atoms with Crippen molar-refractivity contribution in [2.45, 2.75) is 26.2 Å². The standard InChI is InChI=1S/C28H26ClN5/c1-19-6-5-9-22(16-19)26-31-32-27-24-11-10-23(29)18-25(24)30-28(34(26)27)33-14-12-21(13-15-33)17-20-7-3-2-4-8-20/h2-11,16,18,21H,12-15,17H2,1H3. The number of benzene rings is 3. The number of halogens is 1. The van der Waals surface area contributed by atoms with Gasteiger partial charge >= 0.3 is 0 Å². The summed E-state index contributed by atoms with van der Waals surface area (Å²) < 4.78 is 2.13. The lowest BCUT2D eigenvalue weighted by atomic mass is 9.90. The van der Waals surface area contributed by atoms with Crippen LogP contribution in [0.2, 0.25) is 5.02 Å². The van der Waals surface area contributed by atoms with E-state index in [0.717, 1.165) is 66.2 Å². The minimum atomic E-state index is 0.676. The zero-order chi connectivity index (χ0) is 23.1. The van der Waals surface area contributed by atoms with Crippen molar-refractivity contribution < 1.29 is 0 Å². The van der Waals surface area contributed by atoms with Crippen LogP contribution in [0.5, 0.6) is 0 Å². The van der Waals surface area contributed by atoms with E-state index in [-0.39, 0.29) is 0 Å². The Kier molecular flexibility index (Phi) is 5.42. The molecule has 0 bridgehead atoms. The lowest BCUT2D eigenvalue weighted by molar-refractivity contribution is 0.400. The highest BCUT2D eigenvalue weighted by Gasteiger charge is 2.25. The maximum atomic E-state index is 6.33. The van der Waals surface area contributed by atoms with Gasteiger partial charge in [-0.2, -0.15) is 0 Å². The molecule has 0 aliphatic carbocycles. The van der Waals surface area contributed by atoms with E-state index in [9.17, 15) is 0 Å². The molecule has 0 radical (unpaired) electrons. The Bertz CT molecular complexity index is 1470. The number of aryl methyl sites for hydroxylation is 1. The molecule has 1 aliphatic heterocycles. The molecule has 3 heterocycles. The number of hydrogen-bond donors (Lipinski definition) is 0. The van der Waals surface area contributed by atoms with Gasteiger partial charge in [-0.15, -0.1) is 10.2 Å². The van der Waals surface area contributed by atoms with Gasteiger partial charge in [0.2, 0.25) is 5.95 Å². The second-order valence-corrected chi connectivity index (χ2v) is 9.68. The Morgan fingerprint density at radius 2 is 1.74 bits per heavy atom. The van der Waals surface area contributed by atoms with Crippen LogP contribution in [0.3, 0.4) is 0 Å². The van der Waals surface area contributed by atoms with Gasteiger partial charge in [0.25, 0.3) is 0 Å². The van der Waals surface area contributed by atoms with Crippen LogP contribution in [-0.4, -0.2) is 32.7 Å². The summed E-state index contributed by atoms with van der Waals surface area (Å²) in [6, 6.07) is 25.0. The summed E-state index contributed by atoms with van der Waals surface area (Å²) in [5.74, 6) is 2.40. The van der Waals surface area contributed by atoms with Crippen molar-refractivity contribution in [2.75, 3.05) is 18.0 Å². The molecule has 5 aromatic rings. The minimum absolute atomic E-state index is 0.676. The van der Waals surface area contributed by atoms with E-state index in [4.69, 9.17) is 16.6 Å². The van der Waals surface area contributed by atoms with Crippen LogP contribution in [0.4, 0.5) is 5.95 Å². The molecule has 170 valence electrons. The second-order valence-electron chi connectivity index (χ2n) is 9.25. The van der Waals surface area contributed by atoms with Crippen molar-refractivity contribution >= 4 is 34.1 Å². The van der Waals surface area contributed by atoms with Gasteiger partial charge in [-0.1, -0.05) is 65.7 Å². The van der Waals surface area contributed by atoms with Crippen molar-refractivity contribution in [3.05, 3.63) is 88.9 Å². The van der Waals surface area contributed by atoms with Crippen LogP contribution >= 0.6 is 11.6 Å². The van der Waals surface area contributed by atoms with Crippen molar-refractivity contribution in [3.8, 4) is 11.4 Å². The van der Waals surface area contributed by atoms with Gasteiger partial charge in [0.05, 0.1) is 5.52 Å². The quantitative estimate of drug-likeness (QED) is 0.308. The van der Waals surface area contributed by atoms with E-state index in [1.165, 1.54) is 11.1 Å². The molecule has 6 rings (SSSR count). The summed E-state index contributed by atoms with van der Waals surface area (Å²) in [6.45, 7) is 4.01. The van der Waals surface area contributed by atoms with Crippen molar-refractivity contribution in [3.63, 3.8) is 0 Å². The summed E-state index contributed by atoms with van der Waals surface area (Å²) >= 11 is 6.33. The monoisotopic (exact) mass is 467 g/mol. The van der Waals surface area contributed by atoms with Crippen molar-refractivity contribution in [1.29, 1.82) is 0 Å². The highest BCUT2D eigenvalue weighted by Crippen LogP contribution is 2.32. The maximum Gasteiger partial charge on any atom is 0.213 e. The summed E-state index contributed by atoms with van der Waals surface area (Å²) in [7, 11) is 0. The summed E-state index contributed by atoms with van der Waals surface area (Å²) in [6.07, 6.45) is 3.40. The first kappa shape index (κ1) is 21.1. The van der Waals surface area contributed by atoms with E-state index in [1.807, 2.05) is 18.2 Å². The van der Waals surface area contributed by atoms with E-state index >= 15 is 0 Å². The predicted octanol–water partition coefficient (Wildman–Crippen LogP) is 6.37. The third kappa shape index (κ3) is 3.90. The highest BCUT2D eigenvalue weighted by molar-refractivity contribution is 6.31. The van der Waals surface area contributed by atoms with Gasteiger partial charge < -0.3 is 4.90 Å². The Hall–Kier alpha value is -3.44. The van der Waals surface area contributed by atoms with Gasteiger partial charge in [0, 0.05) is 29.1 Å². The molecule has 2 aromatic heterocycles. The van der Waals surface area contributed by atoms with Crippen LogP contribution in [0.1, 0.15) is 24.0 Å². The molecule has 0 saturated carbocycles. The van der Waals surface area contributed by atoms with E-state index < -0.39 is 0 Å². The van der Waals surface area contributed by atoms with E-state index in [1.54, 1.807) is 0 Å². The van der Waals surface area contributed by atoms with Gasteiger partial charge in [0.15, 0.2) is 11.5 Å². The average molecular weight is 468 g/mol. The summed E-state index contributed by atoms with van der Waals surface area (Å²) in [5, 5.41) is 10.9. The van der Waals surface area contributed by atoms with Crippen molar-refractivity contribution in [2.24, 2.45) is 5.92 Å². The molecule has 0 unspecified atom stereocenters. The number of fused-ring (bicyclic) bond motifs is 3. The van der Waals surface area contributed by atoms with E-state index in [2.05, 4.69) is 81.0 Å². The van der Waals surface area contributed by atoms with Gasteiger partial charge in [-0.25, -0.2) is 9.38 Å². The number of nitrogens with zero attached hydrogens (tertiary/aromatic N) is 5. The molecule has 0 N–H and O–H groups in total. The molecule has 5 nitrogen and oxygen atoms in total. The Morgan fingerprint density at radius 1 is 0.912 bits per heavy atom. The maximum absolute atomic E-state index is 6.33. The van der Waals surface area contributed by atoms with Crippen LogP contribution in [0.25, 0.3) is 27.9 Å². The van der Waals surface area contributed by atoms with Crippen LogP contribution in [0.15, 0.2) is 72.8 Å². The fourth-order valence-electron chi connectivity index (χ4n) is 5.06. The van der Waals surface area contributed by atoms with Crippen LogP contribution < -0.4 is 4.90 Å². The Morgan fingerprint density at radius 3 is 2.53 bits per heavy atom. The Balaban J connectivity index is 1.41. The minimum Gasteiger partial charge on any atom is -0.342 e. The zero-order valence-electron chi connectivity index (χ0n) is 19.2. The average Bonchev–Trinajstić information content (AvgIpc) is 3.30. The molecule has 6 heteroatoms. The summed E-state index contributed by atoms with van der Waals surface area (Å²) in [5.41, 5.74) is 5.33. The third-order valence-electron chi connectivity index (χ3n) is 6.83. The fourth-order valence-corrected chi connectivity index (χ4v) is 5.23. The first-order valence-electron chi connectivity index (χ1n) is 11.9. The lowest BCUT2D eigenvalue weighted by Gasteiger charge is -2.33. The molecule has 0 spiro atoms. The molecule has 0 atom stereocenters. The number of hydrogen-bond acceptors (Lipinski definition) is 4. The normalized spacial score (nSPS) is 14.8. The summed E-state index contributed by atoms with van der Waals surface area (Å²) in [4.78, 5) is 7.49. The van der Waals surface area contributed by atoms with Crippen molar-refractivity contribution in [1.82, 2.24) is 19.6 Å². The highest BCUT2D eigenvalue weighted by atomic mass is 35.5. The fraction of sp³-hybridized carbons (Fsp3) is 0.250. The molecule has 1 saturated heterocycles. The largest absolute Gasteiger partial charge is 0.342 e. The van der Waals surface area contributed by atoms with Gasteiger partial charge in [-0.3, -0.25) is 0 Å². The van der Waals surface area contributed by atoms with Crippen LogP contribution in [-0.2, 0) is 6.42 Å². The molecule has 1 aliphatic rings. The molecule has 3 aromatic carbocycles. The SMILES string of the molecule is Cc1cccc(-c2nnc3c4ccc(Cl)cc4nc(N4CCC(Cc5ccccc5)CC4)n23)c1. The third-order valence-corrected chi connectivity index (χ3v) is 7.06. The second kappa shape index (κ2) is 8.73.